The topological polar surface area (TPSA) is 22.0 Å². The minimum absolute atomic E-state index is 0.641. The molecule has 0 N–H and O–H groups in total. The van der Waals surface area contributed by atoms with Crippen molar-refractivity contribution in [1.29, 1.82) is 0 Å². The molecule has 0 bridgehead atoms. The number of aryl methyl sites for hydroxylation is 2. The minimum atomic E-state index is -1.26. The second kappa shape index (κ2) is 6.81. The van der Waals surface area contributed by atoms with E-state index in [0.29, 0.717) is 9.41 Å². The summed E-state index contributed by atoms with van der Waals surface area (Å²) in [6, 6.07) is 8.16. The van der Waals surface area contributed by atoms with Gasteiger partial charge in [0.25, 0.3) is 0 Å². The first kappa shape index (κ1) is 16.3. The average Bonchev–Trinajstić information content (AvgIpc) is 2.40. The van der Waals surface area contributed by atoms with Crippen LogP contribution < -0.4 is 0 Å². The zero-order valence-corrected chi connectivity index (χ0v) is 15.3. The Balaban J connectivity index is 2.65. The lowest BCUT2D eigenvalue weighted by molar-refractivity contribution is 0.687. The number of rotatable bonds is 3. The molecule has 0 fully saturated rings. The molecular weight excluding hydrogens is 366 g/mol. The lowest BCUT2D eigenvalue weighted by Crippen LogP contribution is -1.99. The Morgan fingerprint density at radius 2 is 2.10 bits per heavy atom. The second-order valence-electron chi connectivity index (χ2n) is 4.90. The van der Waals surface area contributed by atoms with Crippen molar-refractivity contribution < 1.29 is 4.21 Å². The number of nitrogens with zero attached hydrogens (tertiary/aromatic N) is 1. The van der Waals surface area contributed by atoms with Gasteiger partial charge in [-0.3, -0.25) is 0 Å². The highest BCUT2D eigenvalue weighted by molar-refractivity contribution is 9.11. The molecule has 2 aromatic rings. The molecule has 1 aromatic carbocycles. The fourth-order valence-electron chi connectivity index (χ4n) is 2.05. The van der Waals surface area contributed by atoms with Crippen molar-refractivity contribution >= 4 is 38.9 Å². The van der Waals surface area contributed by atoms with Crippen LogP contribution in [0.25, 0.3) is 11.1 Å². The highest BCUT2D eigenvalue weighted by Gasteiger charge is 2.10. The summed E-state index contributed by atoms with van der Waals surface area (Å²) in [6.45, 7) is 3.90. The van der Waals surface area contributed by atoms with Crippen LogP contribution in [-0.2, 0) is 17.8 Å². The van der Waals surface area contributed by atoms with E-state index in [2.05, 4.69) is 22.0 Å². The molecule has 2 rings (SSSR count). The Kier molecular flexibility index (Phi) is 5.30. The van der Waals surface area contributed by atoms with Crippen LogP contribution in [0.2, 0.25) is 0 Å². The predicted molar refractivity (Wildman–Crippen MR) is 95.5 cm³/mol. The number of pyridine rings is 1. The SMILES string of the molecule is CC(Br)=CS(=O)c1cn(C)cc(-c2cccc(C)c2)c1=S. The van der Waals surface area contributed by atoms with E-state index < -0.39 is 10.8 Å². The van der Waals surface area contributed by atoms with Gasteiger partial charge in [-0.05, 0) is 19.4 Å². The Labute approximate surface area is 141 Å². The second-order valence-corrected chi connectivity index (χ2v) is 7.83. The first-order valence-corrected chi connectivity index (χ1v) is 8.81. The van der Waals surface area contributed by atoms with Crippen LogP contribution in [0.3, 0.4) is 0 Å². The van der Waals surface area contributed by atoms with Gasteiger partial charge in [0, 0.05) is 34.9 Å². The van der Waals surface area contributed by atoms with Crippen LogP contribution in [0.1, 0.15) is 12.5 Å². The Hall–Kier alpha value is -1.04. The third kappa shape index (κ3) is 3.99. The first-order chi connectivity index (χ1) is 9.88. The minimum Gasteiger partial charge on any atom is -0.355 e. The van der Waals surface area contributed by atoms with Crippen molar-refractivity contribution in [1.82, 2.24) is 4.57 Å². The number of hydrogen-bond acceptors (Lipinski definition) is 2. The zero-order valence-electron chi connectivity index (χ0n) is 12.1. The van der Waals surface area contributed by atoms with Crippen molar-refractivity contribution in [2.45, 2.75) is 18.7 Å². The molecule has 0 aliphatic heterocycles. The molecule has 0 radical (unpaired) electrons. The molecular formula is C16H16BrNOS2. The number of halogens is 1. The van der Waals surface area contributed by atoms with Gasteiger partial charge in [-0.15, -0.1) is 0 Å². The van der Waals surface area contributed by atoms with Gasteiger partial charge in [0.1, 0.15) is 0 Å². The van der Waals surface area contributed by atoms with Crippen molar-refractivity contribution in [3.63, 3.8) is 0 Å². The Morgan fingerprint density at radius 1 is 1.38 bits per heavy atom. The largest absolute Gasteiger partial charge is 0.355 e. The molecule has 21 heavy (non-hydrogen) atoms. The average molecular weight is 382 g/mol. The molecule has 1 aromatic heterocycles. The number of hydrogen-bond donors (Lipinski definition) is 0. The van der Waals surface area contributed by atoms with Gasteiger partial charge in [-0.1, -0.05) is 58.0 Å². The standard InChI is InChI=1S/C16H16BrNOS2/c1-11-5-4-6-13(7-11)14-8-18(3)9-15(16(14)20)21(19)10-12(2)17/h4-10H,1-3H3. The maximum Gasteiger partial charge on any atom is 0.0813 e. The third-order valence-corrected chi connectivity index (χ3v) is 5.35. The van der Waals surface area contributed by atoms with Gasteiger partial charge >= 0.3 is 0 Å². The summed E-state index contributed by atoms with van der Waals surface area (Å²) in [5.41, 5.74) is 3.16. The summed E-state index contributed by atoms with van der Waals surface area (Å²) in [5, 5.41) is 1.66. The first-order valence-electron chi connectivity index (χ1n) is 6.40. The maximum atomic E-state index is 12.4. The molecule has 1 heterocycles. The number of aromatic nitrogens is 1. The van der Waals surface area contributed by atoms with Crippen LogP contribution in [0.5, 0.6) is 0 Å². The molecule has 5 heteroatoms. The van der Waals surface area contributed by atoms with Crippen LogP contribution in [0, 0.1) is 11.4 Å². The molecule has 0 saturated carbocycles. The summed E-state index contributed by atoms with van der Waals surface area (Å²) in [5.74, 6) is 0. The lowest BCUT2D eigenvalue weighted by Gasteiger charge is -2.10. The molecule has 2 nitrogen and oxygen atoms in total. The van der Waals surface area contributed by atoms with Crippen molar-refractivity contribution in [3.05, 3.63) is 56.6 Å². The predicted octanol–water partition coefficient (Wildman–Crippen LogP) is 5.09. The quantitative estimate of drug-likeness (QED) is 0.690. The molecule has 0 aliphatic carbocycles. The van der Waals surface area contributed by atoms with Crippen molar-refractivity contribution in [3.8, 4) is 11.1 Å². The summed E-state index contributed by atoms with van der Waals surface area (Å²) in [4.78, 5) is 0.658. The van der Waals surface area contributed by atoms with E-state index in [1.165, 1.54) is 5.56 Å². The highest BCUT2D eigenvalue weighted by Crippen LogP contribution is 2.26. The van der Waals surface area contributed by atoms with Gasteiger partial charge in [0.15, 0.2) is 0 Å². The van der Waals surface area contributed by atoms with Crippen molar-refractivity contribution in [2.75, 3.05) is 0 Å². The molecule has 1 unspecified atom stereocenters. The van der Waals surface area contributed by atoms with Gasteiger partial charge < -0.3 is 4.57 Å². The summed E-state index contributed by atoms with van der Waals surface area (Å²) < 4.78 is 15.8. The van der Waals surface area contributed by atoms with Gasteiger partial charge in [-0.25, -0.2) is 4.21 Å². The monoisotopic (exact) mass is 381 g/mol. The molecule has 110 valence electrons. The fraction of sp³-hybridized carbons (Fsp3) is 0.188. The lowest BCUT2D eigenvalue weighted by atomic mass is 10.1. The van der Waals surface area contributed by atoms with E-state index in [-0.39, 0.29) is 0 Å². The van der Waals surface area contributed by atoms with Crippen LogP contribution in [0.15, 0.2) is 51.4 Å². The molecule has 0 amide bonds. The number of benzene rings is 1. The van der Waals surface area contributed by atoms with Crippen LogP contribution in [-0.4, -0.2) is 8.78 Å². The summed E-state index contributed by atoms with van der Waals surface area (Å²) in [6.07, 6.45) is 3.80. The maximum absolute atomic E-state index is 12.4. The van der Waals surface area contributed by atoms with E-state index in [4.69, 9.17) is 12.2 Å². The Morgan fingerprint density at radius 3 is 2.71 bits per heavy atom. The molecule has 0 spiro atoms. The highest BCUT2D eigenvalue weighted by atomic mass is 79.9. The normalized spacial score (nSPS) is 13.2. The summed E-state index contributed by atoms with van der Waals surface area (Å²) >= 11 is 8.87. The van der Waals surface area contributed by atoms with E-state index in [0.717, 1.165) is 15.6 Å². The zero-order chi connectivity index (χ0) is 15.6. The van der Waals surface area contributed by atoms with Gasteiger partial charge in [0.05, 0.1) is 20.2 Å². The molecule has 1 atom stereocenters. The molecule has 0 aliphatic rings. The van der Waals surface area contributed by atoms with Gasteiger partial charge in [0.2, 0.25) is 0 Å². The van der Waals surface area contributed by atoms with E-state index >= 15 is 0 Å². The van der Waals surface area contributed by atoms with Crippen LogP contribution in [0.4, 0.5) is 0 Å². The fourth-order valence-corrected chi connectivity index (χ4v) is 4.01. The Bertz CT molecular complexity index is 789. The smallest absolute Gasteiger partial charge is 0.0813 e. The molecule has 0 saturated heterocycles. The summed E-state index contributed by atoms with van der Waals surface area (Å²) in [7, 11) is 0.657. The third-order valence-electron chi connectivity index (χ3n) is 2.94. The van der Waals surface area contributed by atoms with E-state index in [9.17, 15) is 4.21 Å². The number of allylic oxidation sites excluding steroid dienone is 1. The van der Waals surface area contributed by atoms with Gasteiger partial charge in [-0.2, -0.15) is 0 Å². The van der Waals surface area contributed by atoms with E-state index in [1.54, 1.807) is 5.41 Å². The van der Waals surface area contributed by atoms with E-state index in [1.807, 2.05) is 56.1 Å². The van der Waals surface area contributed by atoms with Crippen molar-refractivity contribution in [2.24, 2.45) is 7.05 Å². The van der Waals surface area contributed by atoms with Crippen LogP contribution >= 0.6 is 28.1 Å².